The highest BCUT2D eigenvalue weighted by Gasteiger charge is 2.19. The summed E-state index contributed by atoms with van der Waals surface area (Å²) in [5, 5.41) is 12.7. The molecule has 5 aromatic rings. The first kappa shape index (κ1) is 17.9. The zero-order valence-electron chi connectivity index (χ0n) is 16.4. The first-order valence-corrected chi connectivity index (χ1v) is 9.93. The molecule has 3 aromatic heterocycles. The molecule has 0 spiro atoms. The van der Waals surface area contributed by atoms with Crippen LogP contribution in [0.25, 0.3) is 27.7 Å². The standard InChI is InChI=1S/C23H17FN6O/c24-20-7-6-15-11-31-12-19(15)17(20)9-26-23-27-10-18(22-29-28-13-30(22)23)16-5-1-3-14-4-2-8-25-21(14)16/h1-8,10,13H,9,11-12H2,(H,26,27). The Morgan fingerprint density at radius 3 is 2.94 bits per heavy atom. The summed E-state index contributed by atoms with van der Waals surface area (Å²) in [5.74, 6) is 0.281. The molecule has 0 saturated carbocycles. The van der Waals surface area contributed by atoms with Crippen LogP contribution < -0.4 is 5.32 Å². The molecule has 0 saturated heterocycles. The maximum Gasteiger partial charge on any atom is 0.210 e. The average molecular weight is 412 g/mol. The molecule has 0 fully saturated rings. The van der Waals surface area contributed by atoms with E-state index in [1.54, 1.807) is 29.2 Å². The number of anilines is 1. The van der Waals surface area contributed by atoms with E-state index in [1.165, 1.54) is 6.07 Å². The molecule has 4 heterocycles. The van der Waals surface area contributed by atoms with Gasteiger partial charge in [-0.2, -0.15) is 0 Å². The van der Waals surface area contributed by atoms with Crippen molar-refractivity contribution in [3.8, 4) is 11.1 Å². The lowest BCUT2D eigenvalue weighted by atomic mass is 10.0. The number of hydrogen-bond donors (Lipinski definition) is 1. The van der Waals surface area contributed by atoms with E-state index in [2.05, 4.69) is 25.5 Å². The lowest BCUT2D eigenvalue weighted by Crippen LogP contribution is -2.10. The van der Waals surface area contributed by atoms with Crippen LogP contribution in [0.1, 0.15) is 16.7 Å². The molecule has 0 atom stereocenters. The molecular formula is C23H17FN6O. The number of rotatable bonds is 4. The first-order chi connectivity index (χ1) is 15.3. The number of benzene rings is 2. The van der Waals surface area contributed by atoms with E-state index >= 15 is 0 Å². The Hall–Kier alpha value is -3.91. The summed E-state index contributed by atoms with van der Waals surface area (Å²) in [6.45, 7) is 1.23. The van der Waals surface area contributed by atoms with Gasteiger partial charge in [0.2, 0.25) is 5.95 Å². The molecule has 8 heteroatoms. The van der Waals surface area contributed by atoms with E-state index in [0.717, 1.165) is 33.2 Å². The molecule has 1 aliphatic heterocycles. The monoisotopic (exact) mass is 412 g/mol. The van der Waals surface area contributed by atoms with Gasteiger partial charge in [0.1, 0.15) is 12.1 Å². The van der Waals surface area contributed by atoms with Gasteiger partial charge in [-0.05, 0) is 23.3 Å². The normalized spacial score (nSPS) is 13.1. The number of halogens is 1. The van der Waals surface area contributed by atoms with Gasteiger partial charge in [-0.15, -0.1) is 10.2 Å². The molecule has 7 nitrogen and oxygen atoms in total. The van der Waals surface area contributed by atoms with E-state index in [1.807, 2.05) is 30.3 Å². The van der Waals surface area contributed by atoms with Crippen molar-refractivity contribution in [2.45, 2.75) is 19.8 Å². The van der Waals surface area contributed by atoms with Crippen molar-refractivity contribution in [2.75, 3.05) is 5.32 Å². The Labute approximate surface area is 176 Å². The van der Waals surface area contributed by atoms with Gasteiger partial charge >= 0.3 is 0 Å². The molecule has 0 aliphatic carbocycles. The Morgan fingerprint density at radius 2 is 1.97 bits per heavy atom. The summed E-state index contributed by atoms with van der Waals surface area (Å²) in [5.41, 5.74) is 5.81. The second-order valence-electron chi connectivity index (χ2n) is 7.41. The third kappa shape index (κ3) is 2.91. The van der Waals surface area contributed by atoms with Crippen LogP contribution in [-0.4, -0.2) is 24.6 Å². The van der Waals surface area contributed by atoms with Crippen LogP contribution in [0.3, 0.4) is 0 Å². The minimum atomic E-state index is -0.254. The van der Waals surface area contributed by atoms with Crippen LogP contribution in [0.4, 0.5) is 10.3 Å². The van der Waals surface area contributed by atoms with Crippen molar-refractivity contribution in [1.29, 1.82) is 0 Å². The van der Waals surface area contributed by atoms with Crippen LogP contribution in [0.15, 0.2) is 61.2 Å². The van der Waals surface area contributed by atoms with Crippen molar-refractivity contribution < 1.29 is 9.13 Å². The van der Waals surface area contributed by atoms with Crippen molar-refractivity contribution in [1.82, 2.24) is 24.6 Å². The van der Waals surface area contributed by atoms with Crippen LogP contribution in [0, 0.1) is 5.82 Å². The smallest absolute Gasteiger partial charge is 0.210 e. The second-order valence-corrected chi connectivity index (χ2v) is 7.41. The fraction of sp³-hybridized carbons (Fsp3) is 0.130. The third-order valence-corrected chi connectivity index (χ3v) is 5.65. The van der Waals surface area contributed by atoms with Gasteiger partial charge in [-0.25, -0.2) is 9.37 Å². The van der Waals surface area contributed by atoms with E-state index in [0.29, 0.717) is 30.4 Å². The molecular weight excluding hydrogens is 395 g/mol. The number of nitrogens with one attached hydrogen (secondary N) is 1. The third-order valence-electron chi connectivity index (χ3n) is 5.65. The number of aromatic nitrogens is 5. The van der Waals surface area contributed by atoms with E-state index in [9.17, 15) is 4.39 Å². The summed E-state index contributed by atoms with van der Waals surface area (Å²) in [6.07, 6.45) is 5.12. The Bertz CT molecular complexity index is 1440. The summed E-state index contributed by atoms with van der Waals surface area (Å²) >= 11 is 0. The quantitative estimate of drug-likeness (QED) is 0.479. The molecule has 0 amide bonds. The van der Waals surface area contributed by atoms with Gasteiger partial charge in [0.15, 0.2) is 5.65 Å². The fourth-order valence-corrected chi connectivity index (χ4v) is 4.11. The topological polar surface area (TPSA) is 77.2 Å². The first-order valence-electron chi connectivity index (χ1n) is 9.93. The zero-order valence-corrected chi connectivity index (χ0v) is 16.4. The molecule has 6 rings (SSSR count). The molecule has 152 valence electrons. The molecule has 2 aromatic carbocycles. The average Bonchev–Trinajstić information content (AvgIpc) is 3.48. The number of nitrogens with zero attached hydrogens (tertiary/aromatic N) is 5. The summed E-state index contributed by atoms with van der Waals surface area (Å²) in [6, 6.07) is 13.2. The number of para-hydroxylation sites is 1. The number of pyridine rings is 1. The summed E-state index contributed by atoms with van der Waals surface area (Å²) in [4.78, 5) is 9.13. The number of fused-ring (bicyclic) bond motifs is 3. The molecule has 1 aliphatic rings. The zero-order chi connectivity index (χ0) is 20.8. The Kier molecular flexibility index (Phi) is 4.10. The van der Waals surface area contributed by atoms with Crippen molar-refractivity contribution in [3.05, 3.63) is 83.7 Å². The molecule has 1 N–H and O–H groups in total. The van der Waals surface area contributed by atoms with Gasteiger partial charge < -0.3 is 10.1 Å². The molecule has 0 radical (unpaired) electrons. The van der Waals surface area contributed by atoms with Crippen molar-refractivity contribution >= 4 is 22.5 Å². The van der Waals surface area contributed by atoms with E-state index in [4.69, 9.17) is 4.74 Å². The van der Waals surface area contributed by atoms with Crippen molar-refractivity contribution in [3.63, 3.8) is 0 Å². The van der Waals surface area contributed by atoms with Crippen LogP contribution in [0.2, 0.25) is 0 Å². The summed E-state index contributed by atoms with van der Waals surface area (Å²) < 4.78 is 21.7. The van der Waals surface area contributed by atoms with Crippen LogP contribution in [0.5, 0.6) is 0 Å². The lowest BCUT2D eigenvalue weighted by molar-refractivity contribution is 0.134. The SMILES string of the molecule is Fc1ccc2c(c1CNc1ncc(-c3cccc4cccnc34)c3nncn13)COC2. The minimum Gasteiger partial charge on any atom is -0.372 e. The highest BCUT2D eigenvalue weighted by molar-refractivity contribution is 5.96. The van der Waals surface area contributed by atoms with Gasteiger partial charge in [-0.3, -0.25) is 9.38 Å². The Morgan fingerprint density at radius 1 is 1.03 bits per heavy atom. The largest absolute Gasteiger partial charge is 0.372 e. The molecule has 31 heavy (non-hydrogen) atoms. The van der Waals surface area contributed by atoms with Gasteiger partial charge in [0, 0.05) is 41.0 Å². The minimum absolute atomic E-state index is 0.254. The van der Waals surface area contributed by atoms with Crippen LogP contribution >= 0.6 is 0 Å². The maximum absolute atomic E-state index is 14.5. The van der Waals surface area contributed by atoms with Crippen LogP contribution in [-0.2, 0) is 24.5 Å². The predicted octanol–water partition coefficient (Wildman–Crippen LogP) is 4.12. The Balaban J connectivity index is 1.40. The van der Waals surface area contributed by atoms with E-state index in [-0.39, 0.29) is 12.4 Å². The predicted molar refractivity (Wildman–Crippen MR) is 114 cm³/mol. The number of hydrogen-bond acceptors (Lipinski definition) is 6. The van der Waals surface area contributed by atoms with Crippen molar-refractivity contribution in [2.24, 2.45) is 0 Å². The van der Waals surface area contributed by atoms with Gasteiger partial charge in [-0.1, -0.05) is 30.3 Å². The summed E-state index contributed by atoms with van der Waals surface area (Å²) in [7, 11) is 0. The van der Waals surface area contributed by atoms with Gasteiger partial charge in [0.05, 0.1) is 18.7 Å². The second kappa shape index (κ2) is 7.10. The fourth-order valence-electron chi connectivity index (χ4n) is 4.11. The molecule has 0 unspecified atom stereocenters. The number of ether oxygens (including phenoxy) is 1. The molecule has 0 bridgehead atoms. The maximum atomic E-state index is 14.5. The lowest BCUT2D eigenvalue weighted by Gasteiger charge is -2.13. The van der Waals surface area contributed by atoms with Gasteiger partial charge in [0.25, 0.3) is 0 Å². The highest BCUT2D eigenvalue weighted by atomic mass is 19.1. The highest BCUT2D eigenvalue weighted by Crippen LogP contribution is 2.31. The van der Waals surface area contributed by atoms with E-state index < -0.39 is 0 Å².